The summed E-state index contributed by atoms with van der Waals surface area (Å²) in [6.07, 6.45) is 2.50. The van der Waals surface area contributed by atoms with Crippen molar-refractivity contribution in [2.24, 2.45) is 5.73 Å². The molecule has 1 aliphatic rings. The molecule has 1 fully saturated rings. The monoisotopic (exact) mass is 281 g/mol. The van der Waals surface area contributed by atoms with Gasteiger partial charge in [0, 0.05) is 28.3 Å². The van der Waals surface area contributed by atoms with Crippen molar-refractivity contribution in [2.75, 3.05) is 11.4 Å². The second-order valence-corrected chi connectivity index (χ2v) is 5.01. The maximum absolute atomic E-state index is 7.61. The molecule has 0 saturated heterocycles. The zero-order valence-electron chi connectivity index (χ0n) is 9.33. The van der Waals surface area contributed by atoms with Crippen molar-refractivity contribution in [3.8, 4) is 0 Å². The second-order valence-electron chi connectivity index (χ2n) is 4.09. The molecule has 1 aromatic carbocycles. The Morgan fingerprint density at radius 3 is 2.75 bits per heavy atom. The quantitative estimate of drug-likeness (QED) is 0.659. The van der Waals surface area contributed by atoms with Crippen LogP contribution in [0.15, 0.2) is 22.7 Å². The minimum atomic E-state index is 0.140. The second kappa shape index (κ2) is 4.45. The highest BCUT2D eigenvalue weighted by atomic mass is 79.9. The first-order valence-electron chi connectivity index (χ1n) is 5.54. The molecule has 2 rings (SSSR count). The van der Waals surface area contributed by atoms with E-state index in [1.807, 2.05) is 12.1 Å². The first-order chi connectivity index (χ1) is 7.63. The van der Waals surface area contributed by atoms with Crippen LogP contribution in [0, 0.1) is 5.41 Å². The van der Waals surface area contributed by atoms with E-state index >= 15 is 0 Å². The van der Waals surface area contributed by atoms with Crippen LogP contribution in [-0.2, 0) is 0 Å². The number of benzene rings is 1. The third-order valence-electron chi connectivity index (χ3n) is 2.89. The number of hydrogen-bond donors (Lipinski definition) is 2. The molecule has 0 bridgehead atoms. The zero-order chi connectivity index (χ0) is 11.7. The molecule has 0 radical (unpaired) electrons. The molecule has 0 atom stereocenters. The Balaban J connectivity index is 2.42. The van der Waals surface area contributed by atoms with Crippen LogP contribution in [0.1, 0.15) is 25.3 Å². The lowest BCUT2D eigenvalue weighted by molar-refractivity contribution is 0.825. The molecule has 0 heterocycles. The van der Waals surface area contributed by atoms with Crippen LogP contribution in [0.4, 0.5) is 5.69 Å². The molecule has 0 amide bonds. The minimum absolute atomic E-state index is 0.140. The van der Waals surface area contributed by atoms with Gasteiger partial charge < -0.3 is 10.6 Å². The van der Waals surface area contributed by atoms with Gasteiger partial charge in [0.1, 0.15) is 5.84 Å². The van der Waals surface area contributed by atoms with Crippen LogP contribution in [0.2, 0.25) is 0 Å². The van der Waals surface area contributed by atoms with Gasteiger partial charge in [-0.2, -0.15) is 0 Å². The average Bonchev–Trinajstić information content (AvgIpc) is 3.03. The van der Waals surface area contributed by atoms with E-state index in [2.05, 4.69) is 33.8 Å². The van der Waals surface area contributed by atoms with Gasteiger partial charge in [-0.1, -0.05) is 15.9 Å². The molecule has 16 heavy (non-hydrogen) atoms. The highest BCUT2D eigenvalue weighted by molar-refractivity contribution is 9.10. The van der Waals surface area contributed by atoms with Crippen molar-refractivity contribution >= 4 is 27.5 Å². The highest BCUT2D eigenvalue weighted by Crippen LogP contribution is 2.34. The molecule has 1 aromatic rings. The molecule has 1 aliphatic carbocycles. The highest BCUT2D eigenvalue weighted by Gasteiger charge is 2.29. The standard InChI is InChI=1S/C12H16BrN3/c1-2-16(9-4-5-9)11-7-8(13)3-6-10(11)12(14)15/h3,6-7,9H,2,4-5H2,1H3,(H3,14,15). The van der Waals surface area contributed by atoms with E-state index in [0.29, 0.717) is 6.04 Å². The largest absolute Gasteiger partial charge is 0.384 e. The van der Waals surface area contributed by atoms with E-state index < -0.39 is 0 Å². The predicted molar refractivity (Wildman–Crippen MR) is 71.2 cm³/mol. The van der Waals surface area contributed by atoms with Gasteiger partial charge in [-0.15, -0.1) is 0 Å². The van der Waals surface area contributed by atoms with Crippen molar-refractivity contribution in [3.05, 3.63) is 28.2 Å². The maximum atomic E-state index is 7.61. The van der Waals surface area contributed by atoms with Crippen LogP contribution < -0.4 is 10.6 Å². The minimum Gasteiger partial charge on any atom is -0.384 e. The molecule has 0 aromatic heterocycles. The van der Waals surface area contributed by atoms with E-state index in [9.17, 15) is 0 Å². The van der Waals surface area contributed by atoms with E-state index in [1.54, 1.807) is 0 Å². The summed E-state index contributed by atoms with van der Waals surface area (Å²) in [5, 5.41) is 7.61. The van der Waals surface area contributed by atoms with Gasteiger partial charge in [-0.25, -0.2) is 0 Å². The maximum Gasteiger partial charge on any atom is 0.124 e. The van der Waals surface area contributed by atoms with Gasteiger partial charge in [0.25, 0.3) is 0 Å². The lowest BCUT2D eigenvalue weighted by atomic mass is 10.1. The molecule has 4 heteroatoms. The fraction of sp³-hybridized carbons (Fsp3) is 0.417. The fourth-order valence-corrected chi connectivity index (χ4v) is 2.33. The number of halogens is 1. The van der Waals surface area contributed by atoms with Crippen molar-refractivity contribution in [2.45, 2.75) is 25.8 Å². The predicted octanol–water partition coefficient (Wildman–Crippen LogP) is 2.72. The van der Waals surface area contributed by atoms with Gasteiger partial charge >= 0.3 is 0 Å². The number of nitrogen functional groups attached to an aromatic ring is 1. The van der Waals surface area contributed by atoms with E-state index in [4.69, 9.17) is 11.1 Å². The van der Waals surface area contributed by atoms with E-state index in [1.165, 1.54) is 12.8 Å². The van der Waals surface area contributed by atoms with Crippen LogP contribution in [0.5, 0.6) is 0 Å². The molecule has 0 aliphatic heterocycles. The molecular formula is C12H16BrN3. The van der Waals surface area contributed by atoms with E-state index in [0.717, 1.165) is 22.3 Å². The van der Waals surface area contributed by atoms with Gasteiger partial charge in [0.05, 0.1) is 0 Å². The summed E-state index contributed by atoms with van der Waals surface area (Å²) in [6.45, 7) is 3.10. The first kappa shape index (κ1) is 11.5. The third-order valence-corrected chi connectivity index (χ3v) is 3.38. The molecule has 86 valence electrons. The Kier molecular flexibility index (Phi) is 3.19. The molecule has 3 nitrogen and oxygen atoms in total. The zero-order valence-corrected chi connectivity index (χ0v) is 10.9. The van der Waals surface area contributed by atoms with Crippen LogP contribution >= 0.6 is 15.9 Å². The smallest absolute Gasteiger partial charge is 0.124 e. The molecule has 1 saturated carbocycles. The summed E-state index contributed by atoms with van der Waals surface area (Å²) in [4.78, 5) is 2.33. The Hall–Kier alpha value is -1.03. The van der Waals surface area contributed by atoms with Crippen molar-refractivity contribution < 1.29 is 0 Å². The Labute approximate surface area is 104 Å². The van der Waals surface area contributed by atoms with Crippen molar-refractivity contribution in [1.29, 1.82) is 5.41 Å². The fourth-order valence-electron chi connectivity index (χ4n) is 1.98. The topological polar surface area (TPSA) is 53.1 Å². The van der Waals surface area contributed by atoms with E-state index in [-0.39, 0.29) is 5.84 Å². The summed E-state index contributed by atoms with van der Waals surface area (Å²) in [7, 11) is 0. The third kappa shape index (κ3) is 2.21. The number of amidine groups is 1. The van der Waals surface area contributed by atoms with Crippen molar-refractivity contribution in [1.82, 2.24) is 0 Å². The summed E-state index contributed by atoms with van der Waals surface area (Å²) >= 11 is 3.47. The summed E-state index contributed by atoms with van der Waals surface area (Å²) in [5.41, 5.74) is 7.53. The number of rotatable bonds is 4. The lowest BCUT2D eigenvalue weighted by Gasteiger charge is -2.25. The van der Waals surface area contributed by atoms with Gasteiger partial charge in [-0.3, -0.25) is 5.41 Å². The number of nitrogens with zero attached hydrogens (tertiary/aromatic N) is 1. The number of nitrogens with two attached hydrogens (primary N) is 1. The molecular weight excluding hydrogens is 266 g/mol. The SMILES string of the molecule is CCN(c1cc(Br)ccc1C(=N)N)C1CC1. The number of anilines is 1. The van der Waals surface area contributed by atoms with Gasteiger partial charge in [0.15, 0.2) is 0 Å². The lowest BCUT2D eigenvalue weighted by Crippen LogP contribution is -2.28. The summed E-state index contributed by atoms with van der Waals surface area (Å²) in [6, 6.07) is 6.53. The Bertz CT molecular complexity index is 413. The van der Waals surface area contributed by atoms with Gasteiger partial charge in [0.2, 0.25) is 0 Å². The van der Waals surface area contributed by atoms with Gasteiger partial charge in [-0.05, 0) is 38.0 Å². The summed E-state index contributed by atoms with van der Waals surface area (Å²) < 4.78 is 1.03. The van der Waals surface area contributed by atoms with Crippen LogP contribution in [-0.4, -0.2) is 18.4 Å². The van der Waals surface area contributed by atoms with Crippen molar-refractivity contribution in [3.63, 3.8) is 0 Å². The number of hydrogen-bond acceptors (Lipinski definition) is 2. The van der Waals surface area contributed by atoms with Crippen LogP contribution in [0.3, 0.4) is 0 Å². The molecule has 3 N–H and O–H groups in total. The number of nitrogens with one attached hydrogen (secondary N) is 1. The van der Waals surface area contributed by atoms with Crippen LogP contribution in [0.25, 0.3) is 0 Å². The summed E-state index contributed by atoms with van der Waals surface area (Å²) in [5.74, 6) is 0.140. The Morgan fingerprint density at radius 1 is 1.56 bits per heavy atom. The Morgan fingerprint density at radius 2 is 2.25 bits per heavy atom. The normalized spacial score (nSPS) is 14.9. The molecule has 0 spiro atoms. The molecule has 0 unspecified atom stereocenters. The average molecular weight is 282 g/mol. The first-order valence-corrected chi connectivity index (χ1v) is 6.33.